The predicted octanol–water partition coefficient (Wildman–Crippen LogP) is 3.09. The van der Waals surface area contributed by atoms with Gasteiger partial charge in [0.15, 0.2) is 0 Å². The number of benzene rings is 1. The van der Waals surface area contributed by atoms with Crippen LogP contribution in [0.1, 0.15) is 37.3 Å². The zero-order valence-corrected chi connectivity index (χ0v) is 11.9. The molecule has 1 aromatic carbocycles. The van der Waals surface area contributed by atoms with Gasteiger partial charge in [-0.3, -0.25) is 4.90 Å². The molecule has 1 heterocycles. The molecule has 1 saturated heterocycles. The maximum absolute atomic E-state index is 13.3. The number of ether oxygens (including phenoxy) is 1. The molecular weight excluding hydrogens is 255 g/mol. The van der Waals surface area contributed by atoms with Crippen LogP contribution in [0, 0.1) is 17.1 Å². The van der Waals surface area contributed by atoms with Crippen LogP contribution in [0.4, 0.5) is 4.39 Å². The number of nitrogens with zero attached hydrogens (tertiary/aromatic N) is 2. The normalized spacial score (nSPS) is 19.8. The zero-order chi connectivity index (χ0) is 14.4. The van der Waals surface area contributed by atoms with E-state index in [9.17, 15) is 4.39 Å². The molecule has 0 saturated carbocycles. The number of nitriles is 1. The number of likely N-dealkylation sites (tertiary alicyclic amines) is 1. The Balaban J connectivity index is 1.99. The molecule has 3 nitrogen and oxygen atoms in total. The quantitative estimate of drug-likeness (QED) is 0.829. The first-order valence-electron chi connectivity index (χ1n) is 7.25. The minimum Gasteiger partial charge on any atom is -0.377 e. The van der Waals surface area contributed by atoms with Gasteiger partial charge in [-0.05, 0) is 49.6 Å². The Morgan fingerprint density at radius 2 is 2.35 bits per heavy atom. The molecule has 1 aliphatic rings. The van der Waals surface area contributed by atoms with Gasteiger partial charge in [0.25, 0.3) is 0 Å². The summed E-state index contributed by atoms with van der Waals surface area (Å²) in [5.41, 5.74) is 1.33. The van der Waals surface area contributed by atoms with E-state index >= 15 is 0 Å². The van der Waals surface area contributed by atoms with Crippen molar-refractivity contribution < 1.29 is 9.13 Å². The van der Waals surface area contributed by atoms with Crippen molar-refractivity contribution in [1.82, 2.24) is 4.90 Å². The van der Waals surface area contributed by atoms with E-state index < -0.39 is 0 Å². The Labute approximate surface area is 120 Å². The standard InChI is InChI=1S/C16H21FN2O/c1-2-8-20-16-4-3-7-19(12-16)11-14-9-15(17)6-5-13(14)10-18/h5-6,9,16H,2-4,7-8,11-12H2,1H3. The summed E-state index contributed by atoms with van der Waals surface area (Å²) in [6.07, 6.45) is 3.47. The Kier molecular flexibility index (Phi) is 5.51. The summed E-state index contributed by atoms with van der Waals surface area (Å²) in [5, 5.41) is 9.09. The van der Waals surface area contributed by atoms with Crippen molar-refractivity contribution in [3.63, 3.8) is 0 Å². The zero-order valence-electron chi connectivity index (χ0n) is 11.9. The summed E-state index contributed by atoms with van der Waals surface area (Å²) in [4.78, 5) is 2.25. The van der Waals surface area contributed by atoms with Crippen LogP contribution in [0.5, 0.6) is 0 Å². The smallest absolute Gasteiger partial charge is 0.123 e. The fraction of sp³-hybridized carbons (Fsp3) is 0.562. The molecule has 0 amide bonds. The van der Waals surface area contributed by atoms with Gasteiger partial charge in [0, 0.05) is 19.7 Å². The van der Waals surface area contributed by atoms with Crippen molar-refractivity contribution >= 4 is 0 Å². The van der Waals surface area contributed by atoms with Crippen LogP contribution in [-0.4, -0.2) is 30.7 Å². The summed E-state index contributed by atoms with van der Waals surface area (Å²) in [7, 11) is 0. The molecule has 108 valence electrons. The van der Waals surface area contributed by atoms with E-state index in [1.54, 1.807) is 6.07 Å². The van der Waals surface area contributed by atoms with E-state index in [2.05, 4.69) is 17.9 Å². The van der Waals surface area contributed by atoms with Crippen molar-refractivity contribution in [2.24, 2.45) is 0 Å². The van der Waals surface area contributed by atoms with Crippen molar-refractivity contribution in [3.8, 4) is 6.07 Å². The number of piperidine rings is 1. The van der Waals surface area contributed by atoms with Gasteiger partial charge in [-0.15, -0.1) is 0 Å². The van der Waals surface area contributed by atoms with Gasteiger partial charge < -0.3 is 4.74 Å². The van der Waals surface area contributed by atoms with E-state index in [0.717, 1.165) is 44.5 Å². The highest BCUT2D eigenvalue weighted by Gasteiger charge is 2.21. The summed E-state index contributed by atoms with van der Waals surface area (Å²) < 4.78 is 19.1. The molecule has 20 heavy (non-hydrogen) atoms. The van der Waals surface area contributed by atoms with Gasteiger partial charge in [0.05, 0.1) is 17.7 Å². The Morgan fingerprint density at radius 3 is 3.10 bits per heavy atom. The lowest BCUT2D eigenvalue weighted by Crippen LogP contribution is -2.39. The van der Waals surface area contributed by atoms with Crippen molar-refractivity contribution in [1.29, 1.82) is 5.26 Å². The first-order valence-corrected chi connectivity index (χ1v) is 7.25. The third-order valence-electron chi connectivity index (χ3n) is 3.60. The second kappa shape index (κ2) is 7.37. The van der Waals surface area contributed by atoms with Crippen molar-refractivity contribution in [2.75, 3.05) is 19.7 Å². The van der Waals surface area contributed by atoms with Crippen molar-refractivity contribution in [3.05, 3.63) is 35.1 Å². The van der Waals surface area contributed by atoms with Crippen LogP contribution < -0.4 is 0 Å². The molecule has 4 heteroatoms. The SMILES string of the molecule is CCCOC1CCCN(Cc2cc(F)ccc2C#N)C1. The third-order valence-corrected chi connectivity index (χ3v) is 3.60. The van der Waals surface area contributed by atoms with Gasteiger partial charge >= 0.3 is 0 Å². The third kappa shape index (κ3) is 4.03. The molecule has 0 aliphatic carbocycles. The van der Waals surface area contributed by atoms with Crippen LogP contribution >= 0.6 is 0 Å². The predicted molar refractivity (Wildman–Crippen MR) is 75.7 cm³/mol. The molecule has 2 rings (SSSR count). The van der Waals surface area contributed by atoms with E-state index in [1.807, 2.05) is 0 Å². The molecule has 1 aromatic rings. The van der Waals surface area contributed by atoms with Crippen molar-refractivity contribution in [2.45, 2.75) is 38.8 Å². The maximum Gasteiger partial charge on any atom is 0.123 e. The minimum atomic E-state index is -0.283. The van der Waals surface area contributed by atoms with Crippen LogP contribution in [-0.2, 0) is 11.3 Å². The lowest BCUT2D eigenvalue weighted by Gasteiger charge is -2.32. The highest BCUT2D eigenvalue weighted by molar-refractivity contribution is 5.37. The summed E-state index contributed by atoms with van der Waals surface area (Å²) in [5.74, 6) is -0.283. The Hall–Kier alpha value is -1.44. The lowest BCUT2D eigenvalue weighted by molar-refractivity contribution is -0.00226. The van der Waals surface area contributed by atoms with Gasteiger partial charge in [0.2, 0.25) is 0 Å². The highest BCUT2D eigenvalue weighted by Crippen LogP contribution is 2.18. The fourth-order valence-electron chi connectivity index (χ4n) is 2.62. The number of halogens is 1. The second-order valence-corrected chi connectivity index (χ2v) is 5.28. The molecule has 1 unspecified atom stereocenters. The van der Waals surface area contributed by atoms with Crippen LogP contribution in [0.25, 0.3) is 0 Å². The van der Waals surface area contributed by atoms with E-state index in [4.69, 9.17) is 10.00 Å². The van der Waals surface area contributed by atoms with Crippen LogP contribution in [0.3, 0.4) is 0 Å². The lowest BCUT2D eigenvalue weighted by atomic mass is 10.0. The van der Waals surface area contributed by atoms with Gasteiger partial charge in [-0.25, -0.2) is 4.39 Å². The highest BCUT2D eigenvalue weighted by atomic mass is 19.1. The molecule has 0 bridgehead atoms. The van der Waals surface area contributed by atoms with Gasteiger partial charge in [0.1, 0.15) is 5.82 Å². The summed E-state index contributed by atoms with van der Waals surface area (Å²) >= 11 is 0. The summed E-state index contributed by atoms with van der Waals surface area (Å²) in [6.45, 7) is 5.36. The first kappa shape index (κ1) is 15.0. The van der Waals surface area contributed by atoms with E-state index in [0.29, 0.717) is 12.1 Å². The molecule has 0 aromatic heterocycles. The van der Waals surface area contributed by atoms with Gasteiger partial charge in [-0.1, -0.05) is 6.92 Å². The average molecular weight is 276 g/mol. The maximum atomic E-state index is 13.3. The molecule has 1 aliphatic heterocycles. The molecule has 0 radical (unpaired) electrons. The molecule has 0 spiro atoms. The largest absolute Gasteiger partial charge is 0.377 e. The number of hydrogen-bond donors (Lipinski definition) is 0. The molecular formula is C16H21FN2O. The molecule has 1 fully saturated rings. The molecule has 0 N–H and O–H groups in total. The minimum absolute atomic E-state index is 0.266. The molecule has 1 atom stereocenters. The average Bonchev–Trinajstić information content (AvgIpc) is 2.46. The number of rotatable bonds is 5. The van der Waals surface area contributed by atoms with Crippen LogP contribution in [0.15, 0.2) is 18.2 Å². The Bertz CT molecular complexity index is 484. The first-order chi connectivity index (χ1) is 9.72. The number of hydrogen-bond acceptors (Lipinski definition) is 3. The van der Waals surface area contributed by atoms with E-state index in [1.165, 1.54) is 12.1 Å². The van der Waals surface area contributed by atoms with E-state index in [-0.39, 0.29) is 11.9 Å². The summed E-state index contributed by atoms with van der Waals surface area (Å²) in [6, 6.07) is 6.49. The second-order valence-electron chi connectivity index (χ2n) is 5.28. The van der Waals surface area contributed by atoms with Crippen LogP contribution in [0.2, 0.25) is 0 Å². The topological polar surface area (TPSA) is 36.3 Å². The Morgan fingerprint density at radius 1 is 1.50 bits per heavy atom. The fourth-order valence-corrected chi connectivity index (χ4v) is 2.62. The monoisotopic (exact) mass is 276 g/mol. The van der Waals surface area contributed by atoms with Gasteiger partial charge in [-0.2, -0.15) is 5.26 Å².